The van der Waals surface area contributed by atoms with Gasteiger partial charge in [-0.2, -0.15) is 0 Å². The molecule has 0 amide bonds. The molecule has 0 saturated heterocycles. The first-order chi connectivity index (χ1) is 8.29. The second kappa shape index (κ2) is 8.64. The Labute approximate surface area is 109 Å². The average molecular weight is 281 g/mol. The molecule has 1 atom stereocenters. The largest absolute Gasteiger partial charge is 0.462 e. The molecule has 1 N–H and O–H groups in total. The monoisotopic (exact) mass is 281 g/mol. The zero-order chi connectivity index (χ0) is 14.2. The molecule has 0 aliphatic rings. The number of methoxy groups -OCH3 is 1. The van der Waals surface area contributed by atoms with Gasteiger partial charge >= 0.3 is 5.97 Å². The van der Waals surface area contributed by atoms with Crippen LogP contribution in [0.25, 0.3) is 0 Å². The molecule has 0 rings (SSSR count). The van der Waals surface area contributed by atoms with E-state index in [-0.39, 0.29) is 24.9 Å². The summed E-state index contributed by atoms with van der Waals surface area (Å²) in [4.78, 5) is 11.4. The fourth-order valence-electron chi connectivity index (χ4n) is 1.21. The Morgan fingerprint density at radius 2 is 1.83 bits per heavy atom. The maximum absolute atomic E-state index is 12.4. The Hall–Kier alpha value is -0.420. The quantitative estimate of drug-likeness (QED) is 0.513. The number of ether oxygens (including phenoxy) is 2. The van der Waals surface area contributed by atoms with Crippen molar-refractivity contribution in [3.8, 4) is 0 Å². The van der Waals surface area contributed by atoms with E-state index in [9.17, 15) is 9.36 Å². The molecule has 0 saturated carbocycles. The summed E-state index contributed by atoms with van der Waals surface area (Å²) in [6, 6.07) is 0. The minimum atomic E-state index is -3.07. The van der Waals surface area contributed by atoms with Crippen LogP contribution in [0.15, 0.2) is 0 Å². The third-order valence-corrected chi connectivity index (χ3v) is 3.98. The van der Waals surface area contributed by atoms with Gasteiger partial charge in [-0.15, -0.1) is 0 Å². The maximum atomic E-state index is 12.4. The SMILES string of the molecule is COCCP(=O)(NCC(=O)OC(C)C)OC(C)C. The van der Waals surface area contributed by atoms with Crippen molar-refractivity contribution < 1.29 is 23.4 Å². The molecule has 0 radical (unpaired) electrons. The van der Waals surface area contributed by atoms with Crippen molar-refractivity contribution in [2.45, 2.75) is 39.9 Å². The Morgan fingerprint density at radius 3 is 2.28 bits per heavy atom. The number of hydrogen-bond donors (Lipinski definition) is 1. The fraction of sp³-hybridized carbons (Fsp3) is 0.909. The third kappa shape index (κ3) is 8.64. The van der Waals surface area contributed by atoms with E-state index < -0.39 is 13.5 Å². The summed E-state index contributed by atoms with van der Waals surface area (Å²) < 4.78 is 27.5. The number of hydrogen-bond acceptors (Lipinski definition) is 5. The average Bonchev–Trinajstić information content (AvgIpc) is 2.22. The van der Waals surface area contributed by atoms with Crippen molar-refractivity contribution >= 4 is 13.5 Å². The van der Waals surface area contributed by atoms with Gasteiger partial charge in [0.1, 0.15) is 6.54 Å². The van der Waals surface area contributed by atoms with E-state index in [1.165, 1.54) is 7.11 Å². The first-order valence-corrected chi connectivity index (χ1v) is 7.81. The molecule has 108 valence electrons. The highest BCUT2D eigenvalue weighted by Crippen LogP contribution is 2.42. The molecule has 0 aromatic rings. The van der Waals surface area contributed by atoms with Gasteiger partial charge in [-0.05, 0) is 27.7 Å². The van der Waals surface area contributed by atoms with Crippen molar-refractivity contribution in [3.05, 3.63) is 0 Å². The summed E-state index contributed by atoms with van der Waals surface area (Å²) in [5.41, 5.74) is 0. The standard InChI is InChI=1S/C11H24NO5P/c1-9(2)16-11(13)8-12-18(14,7-6-15-5)17-10(3)4/h9-10H,6-8H2,1-5H3,(H,12,14). The molecule has 6 nitrogen and oxygen atoms in total. The predicted octanol–water partition coefficient (Wildman–Crippen LogP) is 1.79. The van der Waals surface area contributed by atoms with Gasteiger partial charge < -0.3 is 14.0 Å². The van der Waals surface area contributed by atoms with Gasteiger partial charge in [0.15, 0.2) is 0 Å². The van der Waals surface area contributed by atoms with Crippen molar-refractivity contribution in [1.29, 1.82) is 0 Å². The van der Waals surface area contributed by atoms with Gasteiger partial charge in [0, 0.05) is 7.11 Å². The summed E-state index contributed by atoms with van der Waals surface area (Å²) in [7, 11) is -1.54. The highest BCUT2D eigenvalue weighted by atomic mass is 31.2. The van der Waals surface area contributed by atoms with Crippen LogP contribution in [0.3, 0.4) is 0 Å². The van der Waals surface area contributed by atoms with Gasteiger partial charge in [0.05, 0.1) is 25.0 Å². The molecule has 7 heteroatoms. The molecule has 0 heterocycles. The number of carbonyl (C=O) groups excluding carboxylic acids is 1. The van der Waals surface area contributed by atoms with Crippen LogP contribution < -0.4 is 5.09 Å². The van der Waals surface area contributed by atoms with E-state index >= 15 is 0 Å². The molecule has 0 aromatic carbocycles. The van der Waals surface area contributed by atoms with E-state index in [1.54, 1.807) is 27.7 Å². The molecular formula is C11H24NO5P. The third-order valence-electron chi connectivity index (χ3n) is 1.80. The zero-order valence-corrected chi connectivity index (χ0v) is 12.7. The van der Waals surface area contributed by atoms with Crippen LogP contribution in [0.2, 0.25) is 0 Å². The predicted molar refractivity (Wildman–Crippen MR) is 69.8 cm³/mol. The topological polar surface area (TPSA) is 73.9 Å². The molecule has 18 heavy (non-hydrogen) atoms. The van der Waals surface area contributed by atoms with Gasteiger partial charge in [-0.3, -0.25) is 9.36 Å². The lowest BCUT2D eigenvalue weighted by Crippen LogP contribution is -2.28. The van der Waals surface area contributed by atoms with Gasteiger partial charge in [0.25, 0.3) is 7.52 Å². The molecule has 0 bridgehead atoms. The van der Waals surface area contributed by atoms with E-state index in [0.29, 0.717) is 6.61 Å². The van der Waals surface area contributed by atoms with Crippen LogP contribution in [0.4, 0.5) is 0 Å². The first kappa shape index (κ1) is 17.6. The van der Waals surface area contributed by atoms with E-state index in [1.807, 2.05) is 0 Å². The van der Waals surface area contributed by atoms with E-state index in [2.05, 4.69) is 5.09 Å². The Morgan fingerprint density at radius 1 is 1.22 bits per heavy atom. The van der Waals surface area contributed by atoms with E-state index in [0.717, 1.165) is 0 Å². The van der Waals surface area contributed by atoms with Crippen molar-refractivity contribution in [2.75, 3.05) is 26.4 Å². The van der Waals surface area contributed by atoms with Crippen molar-refractivity contribution in [3.63, 3.8) is 0 Å². The molecule has 0 aliphatic carbocycles. The second-order valence-corrected chi connectivity index (χ2v) is 6.74. The molecule has 0 aliphatic heterocycles. The molecule has 0 fully saturated rings. The van der Waals surface area contributed by atoms with Gasteiger partial charge in [0.2, 0.25) is 0 Å². The van der Waals surface area contributed by atoms with Crippen LogP contribution in [0.5, 0.6) is 0 Å². The summed E-state index contributed by atoms with van der Waals surface area (Å²) in [5.74, 6) is -0.449. The Kier molecular flexibility index (Phi) is 8.44. The minimum Gasteiger partial charge on any atom is -0.462 e. The normalized spacial score (nSPS) is 14.8. The molecule has 1 unspecified atom stereocenters. The number of esters is 1. The fourth-order valence-corrected chi connectivity index (χ4v) is 3.02. The highest BCUT2D eigenvalue weighted by molar-refractivity contribution is 7.56. The Bertz CT molecular complexity index is 293. The van der Waals surface area contributed by atoms with Crippen LogP contribution in [-0.2, 0) is 23.4 Å². The number of nitrogens with one attached hydrogen (secondary N) is 1. The van der Waals surface area contributed by atoms with Gasteiger partial charge in [-0.25, -0.2) is 5.09 Å². The lowest BCUT2D eigenvalue weighted by molar-refractivity contribution is -0.145. The molecular weight excluding hydrogens is 257 g/mol. The first-order valence-electron chi connectivity index (χ1n) is 6.00. The summed E-state index contributed by atoms with van der Waals surface area (Å²) in [5, 5.41) is 2.65. The second-order valence-electron chi connectivity index (χ2n) is 4.42. The summed E-state index contributed by atoms with van der Waals surface area (Å²) in [6.45, 7) is 7.25. The summed E-state index contributed by atoms with van der Waals surface area (Å²) in [6.07, 6.45) is -0.165. The number of rotatable bonds is 9. The Balaban J connectivity index is 4.32. The van der Waals surface area contributed by atoms with Crippen molar-refractivity contribution in [1.82, 2.24) is 5.09 Å². The molecule has 0 aromatic heterocycles. The van der Waals surface area contributed by atoms with Crippen molar-refractivity contribution in [2.24, 2.45) is 0 Å². The number of carbonyl (C=O) groups is 1. The molecule has 0 spiro atoms. The van der Waals surface area contributed by atoms with Crippen LogP contribution in [0, 0.1) is 0 Å². The highest BCUT2D eigenvalue weighted by Gasteiger charge is 2.25. The lowest BCUT2D eigenvalue weighted by Gasteiger charge is -2.21. The lowest BCUT2D eigenvalue weighted by atomic mass is 10.5. The van der Waals surface area contributed by atoms with Crippen LogP contribution in [-0.4, -0.2) is 44.6 Å². The zero-order valence-electron chi connectivity index (χ0n) is 11.8. The van der Waals surface area contributed by atoms with E-state index in [4.69, 9.17) is 14.0 Å². The van der Waals surface area contributed by atoms with Crippen LogP contribution >= 0.6 is 7.52 Å². The maximum Gasteiger partial charge on any atom is 0.320 e. The minimum absolute atomic E-state index is 0.133. The summed E-state index contributed by atoms with van der Waals surface area (Å²) >= 11 is 0. The van der Waals surface area contributed by atoms with Crippen LogP contribution in [0.1, 0.15) is 27.7 Å². The van der Waals surface area contributed by atoms with Gasteiger partial charge in [-0.1, -0.05) is 0 Å². The smallest absolute Gasteiger partial charge is 0.320 e.